The van der Waals surface area contributed by atoms with Gasteiger partial charge in [-0.1, -0.05) is 18.2 Å². The van der Waals surface area contributed by atoms with Crippen LogP contribution in [-0.4, -0.2) is 51.9 Å². The number of hydrogen-bond acceptors (Lipinski definition) is 6. The highest BCUT2D eigenvalue weighted by molar-refractivity contribution is 7.89. The molecule has 1 saturated heterocycles. The van der Waals surface area contributed by atoms with Gasteiger partial charge in [-0.15, -0.1) is 10.2 Å². The Morgan fingerprint density at radius 1 is 0.963 bits per heavy atom. The van der Waals surface area contributed by atoms with Crippen molar-refractivity contribution in [2.75, 3.05) is 13.1 Å². The molecule has 4 rings (SSSR count). The summed E-state index contributed by atoms with van der Waals surface area (Å²) in [4.78, 5) is 0.324. The number of benzene rings is 1. The first-order valence-corrected chi connectivity index (χ1v) is 10.1. The fourth-order valence-electron chi connectivity index (χ4n) is 3.00. The molecule has 0 aliphatic carbocycles. The minimum absolute atomic E-state index is 0.0860. The van der Waals surface area contributed by atoms with E-state index in [2.05, 4.69) is 15.3 Å². The van der Waals surface area contributed by atoms with Gasteiger partial charge in [0.25, 0.3) is 0 Å². The summed E-state index contributed by atoms with van der Waals surface area (Å²) < 4.78 is 34.3. The van der Waals surface area contributed by atoms with Crippen LogP contribution in [0.15, 0.2) is 65.8 Å². The van der Waals surface area contributed by atoms with E-state index in [9.17, 15) is 8.42 Å². The second-order valence-electron chi connectivity index (χ2n) is 6.21. The fourth-order valence-corrected chi connectivity index (χ4v) is 4.50. The van der Waals surface area contributed by atoms with Crippen LogP contribution < -0.4 is 4.74 Å². The molecule has 27 heavy (non-hydrogen) atoms. The lowest BCUT2D eigenvalue weighted by atomic mass is 10.1. The number of ether oxygens (including phenoxy) is 1. The summed E-state index contributed by atoms with van der Waals surface area (Å²) in [6, 6.07) is 13.8. The van der Waals surface area contributed by atoms with Gasteiger partial charge in [-0.3, -0.25) is 0 Å². The van der Waals surface area contributed by atoms with Crippen LogP contribution in [-0.2, 0) is 10.0 Å². The van der Waals surface area contributed by atoms with Gasteiger partial charge in [0, 0.05) is 31.5 Å². The van der Waals surface area contributed by atoms with Crippen LogP contribution in [0.5, 0.6) is 5.88 Å². The van der Waals surface area contributed by atoms with E-state index >= 15 is 0 Å². The van der Waals surface area contributed by atoms with Gasteiger partial charge in [0.05, 0.1) is 4.90 Å². The Morgan fingerprint density at radius 2 is 1.74 bits per heavy atom. The van der Waals surface area contributed by atoms with Gasteiger partial charge in [-0.2, -0.15) is 9.40 Å². The van der Waals surface area contributed by atoms with Gasteiger partial charge >= 0.3 is 0 Å². The Morgan fingerprint density at radius 3 is 2.37 bits per heavy atom. The van der Waals surface area contributed by atoms with E-state index in [1.807, 2.05) is 6.07 Å². The van der Waals surface area contributed by atoms with Gasteiger partial charge in [0.1, 0.15) is 6.10 Å². The average Bonchev–Trinajstić information content (AvgIpc) is 3.25. The van der Waals surface area contributed by atoms with E-state index in [0.29, 0.717) is 42.5 Å². The van der Waals surface area contributed by atoms with E-state index in [1.54, 1.807) is 59.5 Å². The Balaban J connectivity index is 1.36. The second-order valence-corrected chi connectivity index (χ2v) is 8.15. The molecule has 9 heteroatoms. The summed E-state index contributed by atoms with van der Waals surface area (Å²) >= 11 is 0. The lowest BCUT2D eigenvalue weighted by Crippen LogP contribution is -2.41. The summed E-state index contributed by atoms with van der Waals surface area (Å²) in [6.45, 7) is 0.835. The molecule has 3 heterocycles. The largest absolute Gasteiger partial charge is 0.473 e. The summed E-state index contributed by atoms with van der Waals surface area (Å²) in [7, 11) is -3.45. The molecule has 8 nitrogen and oxygen atoms in total. The maximum absolute atomic E-state index is 12.7. The van der Waals surface area contributed by atoms with Crippen LogP contribution in [0.1, 0.15) is 12.8 Å². The van der Waals surface area contributed by atoms with Crippen molar-refractivity contribution in [2.24, 2.45) is 0 Å². The Labute approximate surface area is 157 Å². The fraction of sp³-hybridized carbons (Fsp3) is 0.278. The molecule has 0 atom stereocenters. The molecular weight excluding hydrogens is 366 g/mol. The van der Waals surface area contributed by atoms with Crippen molar-refractivity contribution in [1.29, 1.82) is 0 Å². The Kier molecular flexibility index (Phi) is 4.87. The predicted molar refractivity (Wildman–Crippen MR) is 98.0 cm³/mol. The van der Waals surface area contributed by atoms with E-state index in [4.69, 9.17) is 4.74 Å². The third kappa shape index (κ3) is 3.83. The number of sulfonamides is 1. The zero-order valence-electron chi connectivity index (χ0n) is 14.5. The highest BCUT2D eigenvalue weighted by Gasteiger charge is 2.30. The van der Waals surface area contributed by atoms with Crippen LogP contribution in [0.4, 0.5) is 0 Å². The van der Waals surface area contributed by atoms with Crippen molar-refractivity contribution in [3.63, 3.8) is 0 Å². The van der Waals surface area contributed by atoms with Crippen LogP contribution >= 0.6 is 0 Å². The minimum Gasteiger partial charge on any atom is -0.473 e. The molecule has 1 fully saturated rings. The first-order valence-electron chi connectivity index (χ1n) is 8.68. The average molecular weight is 385 g/mol. The molecule has 0 amide bonds. The maximum Gasteiger partial charge on any atom is 0.243 e. The Hall–Kier alpha value is -2.78. The second kappa shape index (κ2) is 7.45. The van der Waals surface area contributed by atoms with E-state index in [-0.39, 0.29) is 6.10 Å². The van der Waals surface area contributed by atoms with Crippen molar-refractivity contribution in [3.05, 3.63) is 60.9 Å². The number of rotatable bonds is 5. The van der Waals surface area contributed by atoms with E-state index < -0.39 is 10.0 Å². The zero-order valence-corrected chi connectivity index (χ0v) is 15.4. The van der Waals surface area contributed by atoms with Crippen LogP contribution in [0.25, 0.3) is 5.82 Å². The van der Waals surface area contributed by atoms with Crippen LogP contribution in [0.3, 0.4) is 0 Å². The summed E-state index contributed by atoms with van der Waals surface area (Å²) in [5, 5.41) is 12.3. The number of nitrogens with zero attached hydrogens (tertiary/aromatic N) is 5. The Bertz CT molecular complexity index is 968. The maximum atomic E-state index is 12.7. The standard InChI is InChI=1S/C18H19N5O3S/c24-27(25,16-5-2-1-3-6-16)22-13-9-15(10-14-22)26-18-8-7-17(20-21-18)23-12-4-11-19-23/h1-8,11-12,15H,9-10,13-14H2. The third-order valence-electron chi connectivity index (χ3n) is 4.43. The predicted octanol–water partition coefficient (Wildman–Crippen LogP) is 1.89. The quantitative estimate of drug-likeness (QED) is 0.666. The van der Waals surface area contributed by atoms with Gasteiger partial charge in [-0.05, 0) is 37.1 Å². The van der Waals surface area contributed by atoms with Crippen molar-refractivity contribution in [2.45, 2.75) is 23.8 Å². The summed E-state index contributed by atoms with van der Waals surface area (Å²) in [6.07, 6.45) is 4.58. The first kappa shape index (κ1) is 17.6. The van der Waals surface area contributed by atoms with E-state index in [0.717, 1.165) is 0 Å². The molecular formula is C18H19N5O3S. The molecule has 140 valence electrons. The molecule has 0 N–H and O–H groups in total. The molecule has 0 saturated carbocycles. The SMILES string of the molecule is O=S(=O)(c1ccccc1)N1CCC(Oc2ccc(-n3cccn3)nn2)CC1. The molecule has 1 aliphatic rings. The first-order chi connectivity index (χ1) is 13.1. The van der Waals surface area contributed by atoms with Gasteiger partial charge in [-0.25, -0.2) is 13.1 Å². The van der Waals surface area contributed by atoms with Gasteiger partial charge < -0.3 is 4.74 Å². The number of aromatic nitrogens is 4. The molecule has 0 unspecified atom stereocenters. The molecule has 1 aromatic carbocycles. The van der Waals surface area contributed by atoms with Crippen molar-refractivity contribution in [3.8, 4) is 11.7 Å². The smallest absolute Gasteiger partial charge is 0.243 e. The van der Waals surface area contributed by atoms with Crippen molar-refractivity contribution >= 4 is 10.0 Å². The zero-order chi connectivity index (χ0) is 18.7. The molecule has 1 aliphatic heterocycles. The third-order valence-corrected chi connectivity index (χ3v) is 6.35. The molecule has 3 aromatic rings. The molecule has 2 aromatic heterocycles. The lowest BCUT2D eigenvalue weighted by Gasteiger charge is -2.31. The van der Waals surface area contributed by atoms with Gasteiger partial charge in [0.2, 0.25) is 15.9 Å². The molecule has 0 spiro atoms. The highest BCUT2D eigenvalue weighted by atomic mass is 32.2. The number of piperidine rings is 1. The topological polar surface area (TPSA) is 90.2 Å². The van der Waals surface area contributed by atoms with Crippen molar-refractivity contribution < 1.29 is 13.2 Å². The number of hydrogen-bond donors (Lipinski definition) is 0. The molecule has 0 bridgehead atoms. The van der Waals surface area contributed by atoms with Crippen LogP contribution in [0, 0.1) is 0 Å². The summed E-state index contributed by atoms with van der Waals surface area (Å²) in [5.74, 6) is 1.03. The van der Waals surface area contributed by atoms with Gasteiger partial charge in [0.15, 0.2) is 5.82 Å². The van der Waals surface area contributed by atoms with E-state index in [1.165, 1.54) is 4.31 Å². The van der Waals surface area contributed by atoms with Crippen LogP contribution in [0.2, 0.25) is 0 Å². The minimum atomic E-state index is -3.45. The summed E-state index contributed by atoms with van der Waals surface area (Å²) in [5.41, 5.74) is 0. The van der Waals surface area contributed by atoms with Crippen molar-refractivity contribution in [1.82, 2.24) is 24.3 Å². The normalized spacial score (nSPS) is 16.3. The lowest BCUT2D eigenvalue weighted by molar-refractivity contribution is 0.128. The monoisotopic (exact) mass is 385 g/mol. The molecule has 0 radical (unpaired) electrons. The highest BCUT2D eigenvalue weighted by Crippen LogP contribution is 2.23.